The standard InChI is InChI=1S/C25H30O6/c1-25(2)30-23(19(26)13-15-3-5-21-17(11-15)7-9-28-21)24(31-25)20(27)14-16-4-6-22-18(12-16)8-10-29-22/h3-6,11-12,19-20,23-24,26-27H,7-10,13-14H2,1-2H3/t19-,20-,23-,24-/m0/s1. The molecular weight excluding hydrogens is 396 g/mol. The molecule has 166 valence electrons. The van der Waals surface area contributed by atoms with E-state index in [0.717, 1.165) is 35.5 Å². The zero-order valence-electron chi connectivity index (χ0n) is 18.0. The van der Waals surface area contributed by atoms with Crippen LogP contribution in [0, 0.1) is 0 Å². The molecule has 0 saturated carbocycles. The highest BCUT2D eigenvalue weighted by Gasteiger charge is 2.47. The number of hydrogen-bond donors (Lipinski definition) is 2. The molecule has 5 rings (SSSR count). The molecule has 4 atom stereocenters. The van der Waals surface area contributed by atoms with Gasteiger partial charge in [-0.1, -0.05) is 24.3 Å². The zero-order valence-corrected chi connectivity index (χ0v) is 18.0. The Bertz CT molecular complexity index is 880. The average molecular weight is 427 g/mol. The Morgan fingerprint density at radius 1 is 0.806 bits per heavy atom. The summed E-state index contributed by atoms with van der Waals surface area (Å²) in [6.07, 6.45) is -0.191. The third-order valence-electron chi connectivity index (χ3n) is 6.32. The first-order valence-electron chi connectivity index (χ1n) is 11.1. The van der Waals surface area contributed by atoms with Gasteiger partial charge in [-0.05, 0) is 48.2 Å². The predicted octanol–water partition coefficient (Wildman–Crippen LogP) is 2.58. The molecule has 3 heterocycles. The van der Waals surface area contributed by atoms with Gasteiger partial charge >= 0.3 is 0 Å². The second-order valence-corrected chi connectivity index (χ2v) is 9.19. The zero-order chi connectivity index (χ0) is 21.6. The van der Waals surface area contributed by atoms with Crippen LogP contribution >= 0.6 is 0 Å². The fourth-order valence-corrected chi connectivity index (χ4v) is 4.86. The highest BCUT2D eigenvalue weighted by atomic mass is 16.8. The predicted molar refractivity (Wildman–Crippen MR) is 115 cm³/mol. The molecule has 0 spiro atoms. The van der Waals surface area contributed by atoms with Crippen molar-refractivity contribution in [2.45, 2.75) is 69.7 Å². The van der Waals surface area contributed by atoms with Crippen molar-refractivity contribution in [2.24, 2.45) is 0 Å². The Balaban J connectivity index is 1.29. The Morgan fingerprint density at radius 3 is 1.71 bits per heavy atom. The lowest BCUT2D eigenvalue weighted by Crippen LogP contribution is -2.44. The molecular formula is C25H30O6. The summed E-state index contributed by atoms with van der Waals surface area (Å²) >= 11 is 0. The second kappa shape index (κ2) is 8.10. The van der Waals surface area contributed by atoms with Gasteiger partial charge in [0.1, 0.15) is 23.7 Å². The number of aliphatic hydroxyl groups is 2. The quantitative estimate of drug-likeness (QED) is 0.740. The van der Waals surface area contributed by atoms with Crippen LogP contribution in [0.2, 0.25) is 0 Å². The minimum Gasteiger partial charge on any atom is -0.493 e. The van der Waals surface area contributed by atoms with Crippen molar-refractivity contribution in [1.82, 2.24) is 0 Å². The molecule has 0 amide bonds. The Labute approximate surface area is 182 Å². The molecule has 1 fully saturated rings. The number of rotatable bonds is 6. The topological polar surface area (TPSA) is 77.4 Å². The van der Waals surface area contributed by atoms with E-state index in [1.165, 1.54) is 11.1 Å². The maximum Gasteiger partial charge on any atom is 0.164 e. The summed E-state index contributed by atoms with van der Waals surface area (Å²) in [7, 11) is 0. The third-order valence-corrected chi connectivity index (χ3v) is 6.32. The van der Waals surface area contributed by atoms with Crippen LogP contribution in [0.25, 0.3) is 0 Å². The minimum absolute atomic E-state index is 0.427. The van der Waals surface area contributed by atoms with Crippen molar-refractivity contribution in [3.63, 3.8) is 0 Å². The largest absolute Gasteiger partial charge is 0.493 e. The van der Waals surface area contributed by atoms with E-state index in [-0.39, 0.29) is 0 Å². The third kappa shape index (κ3) is 4.30. The van der Waals surface area contributed by atoms with Gasteiger partial charge in [0, 0.05) is 25.7 Å². The smallest absolute Gasteiger partial charge is 0.164 e. The number of ether oxygens (including phenoxy) is 4. The van der Waals surface area contributed by atoms with Crippen LogP contribution in [0.1, 0.15) is 36.1 Å². The van der Waals surface area contributed by atoms with Crippen LogP contribution < -0.4 is 9.47 Å². The molecule has 0 unspecified atom stereocenters. The van der Waals surface area contributed by atoms with Crippen molar-refractivity contribution in [2.75, 3.05) is 13.2 Å². The van der Waals surface area contributed by atoms with Gasteiger partial charge in [-0.2, -0.15) is 0 Å². The van der Waals surface area contributed by atoms with Crippen molar-refractivity contribution in [3.8, 4) is 11.5 Å². The van der Waals surface area contributed by atoms with Crippen LogP contribution in [0.3, 0.4) is 0 Å². The lowest BCUT2D eigenvalue weighted by molar-refractivity contribution is -0.160. The van der Waals surface area contributed by atoms with Gasteiger partial charge in [0.05, 0.1) is 25.4 Å². The summed E-state index contributed by atoms with van der Waals surface area (Å²) in [6.45, 7) is 5.05. The first-order valence-corrected chi connectivity index (χ1v) is 11.1. The highest BCUT2D eigenvalue weighted by molar-refractivity contribution is 5.41. The molecule has 6 heteroatoms. The van der Waals surface area contributed by atoms with E-state index in [2.05, 4.69) is 12.1 Å². The SMILES string of the molecule is CC1(C)O[C@@H]([C@@H](O)Cc2ccc3c(c2)CCO3)[C@H]([C@@H](O)Cc2ccc3c(c2)CCO3)O1. The molecule has 2 aromatic carbocycles. The Morgan fingerprint density at radius 2 is 1.26 bits per heavy atom. The van der Waals surface area contributed by atoms with Gasteiger partial charge in [-0.3, -0.25) is 0 Å². The van der Waals surface area contributed by atoms with Crippen LogP contribution in [0.15, 0.2) is 36.4 Å². The second-order valence-electron chi connectivity index (χ2n) is 9.19. The lowest BCUT2D eigenvalue weighted by atomic mass is 9.93. The minimum atomic E-state index is -0.866. The number of fused-ring (bicyclic) bond motifs is 2. The molecule has 0 bridgehead atoms. The van der Waals surface area contributed by atoms with Crippen molar-refractivity contribution >= 4 is 0 Å². The van der Waals surface area contributed by atoms with Crippen molar-refractivity contribution < 1.29 is 29.2 Å². The molecule has 1 saturated heterocycles. The molecule has 2 aromatic rings. The van der Waals surface area contributed by atoms with E-state index in [0.29, 0.717) is 26.1 Å². The molecule has 0 aromatic heterocycles. The van der Waals surface area contributed by atoms with Crippen LogP contribution in [0.5, 0.6) is 11.5 Å². The maximum absolute atomic E-state index is 11.0. The molecule has 31 heavy (non-hydrogen) atoms. The van der Waals surface area contributed by atoms with E-state index in [4.69, 9.17) is 18.9 Å². The number of benzene rings is 2. The normalized spacial score (nSPS) is 25.4. The monoisotopic (exact) mass is 426 g/mol. The summed E-state index contributed by atoms with van der Waals surface area (Å²) in [5.41, 5.74) is 4.39. The number of aliphatic hydroxyl groups excluding tert-OH is 2. The fourth-order valence-electron chi connectivity index (χ4n) is 4.86. The van der Waals surface area contributed by atoms with Gasteiger partial charge in [-0.25, -0.2) is 0 Å². The molecule has 6 nitrogen and oxygen atoms in total. The van der Waals surface area contributed by atoms with E-state index in [9.17, 15) is 10.2 Å². The first kappa shape index (κ1) is 20.8. The summed E-state index contributed by atoms with van der Waals surface area (Å²) in [4.78, 5) is 0. The van der Waals surface area contributed by atoms with Crippen molar-refractivity contribution in [1.29, 1.82) is 0 Å². The van der Waals surface area contributed by atoms with Crippen molar-refractivity contribution in [3.05, 3.63) is 58.7 Å². The van der Waals surface area contributed by atoms with E-state index < -0.39 is 30.2 Å². The van der Waals surface area contributed by atoms with Crippen LogP contribution in [-0.2, 0) is 35.2 Å². The first-order chi connectivity index (χ1) is 14.9. The van der Waals surface area contributed by atoms with Crippen LogP contribution in [-0.4, -0.2) is 53.6 Å². The fraction of sp³-hybridized carbons (Fsp3) is 0.520. The van der Waals surface area contributed by atoms with Gasteiger partial charge in [-0.15, -0.1) is 0 Å². The van der Waals surface area contributed by atoms with Gasteiger partial charge in [0.25, 0.3) is 0 Å². The Kier molecular flexibility index (Phi) is 5.42. The number of hydrogen-bond acceptors (Lipinski definition) is 6. The van der Waals surface area contributed by atoms with Crippen LogP contribution in [0.4, 0.5) is 0 Å². The van der Waals surface area contributed by atoms with E-state index in [1.54, 1.807) is 0 Å². The lowest BCUT2D eigenvalue weighted by Gasteiger charge is -2.26. The Hall–Kier alpha value is -2.12. The summed E-state index contributed by atoms with van der Waals surface area (Å²) < 4.78 is 23.2. The van der Waals surface area contributed by atoms with Gasteiger partial charge < -0.3 is 29.2 Å². The van der Waals surface area contributed by atoms with E-state index in [1.807, 2.05) is 38.1 Å². The van der Waals surface area contributed by atoms with Gasteiger partial charge in [0.15, 0.2) is 5.79 Å². The summed E-state index contributed by atoms with van der Waals surface area (Å²) in [5.74, 6) is 0.982. The molecule has 3 aliphatic heterocycles. The molecule has 0 radical (unpaired) electrons. The maximum atomic E-state index is 11.0. The molecule has 0 aliphatic carbocycles. The summed E-state index contributed by atoms with van der Waals surface area (Å²) in [6, 6.07) is 12.1. The average Bonchev–Trinajstić information content (AvgIpc) is 3.45. The van der Waals surface area contributed by atoms with E-state index >= 15 is 0 Å². The summed E-state index contributed by atoms with van der Waals surface area (Å²) in [5, 5.41) is 22.1. The molecule has 2 N–H and O–H groups in total. The highest BCUT2D eigenvalue weighted by Crippen LogP contribution is 2.35. The molecule has 3 aliphatic rings. The van der Waals surface area contributed by atoms with Gasteiger partial charge in [0.2, 0.25) is 0 Å².